The van der Waals surface area contributed by atoms with E-state index in [1.807, 2.05) is 25.1 Å². The molecule has 0 spiro atoms. The molecular formula is C24H19F3N4O2S. The van der Waals surface area contributed by atoms with E-state index < -0.39 is 17.6 Å². The molecule has 0 fully saturated rings. The SMILES string of the molecule is Cc1ccc2nc(SCC(=O)Nc3ccccc3NC(=O)c3ccc(C(F)(F)F)cc3)[nH]c2c1. The average Bonchev–Trinajstić information content (AvgIpc) is 3.20. The van der Waals surface area contributed by atoms with Gasteiger partial charge in [0.05, 0.1) is 33.7 Å². The number of halogens is 3. The van der Waals surface area contributed by atoms with Gasteiger partial charge in [-0.2, -0.15) is 13.2 Å². The lowest BCUT2D eigenvalue weighted by molar-refractivity contribution is -0.137. The molecule has 0 atom stereocenters. The highest BCUT2D eigenvalue weighted by Gasteiger charge is 2.30. The molecule has 0 saturated heterocycles. The lowest BCUT2D eigenvalue weighted by Gasteiger charge is -2.12. The molecule has 0 saturated carbocycles. The van der Waals surface area contributed by atoms with Crippen molar-refractivity contribution >= 4 is 46.0 Å². The lowest BCUT2D eigenvalue weighted by atomic mass is 10.1. The molecule has 0 unspecified atom stereocenters. The molecule has 0 aliphatic rings. The van der Waals surface area contributed by atoms with Gasteiger partial charge in [0.1, 0.15) is 0 Å². The maximum absolute atomic E-state index is 12.7. The smallest absolute Gasteiger partial charge is 0.333 e. The van der Waals surface area contributed by atoms with Crippen molar-refractivity contribution in [2.45, 2.75) is 18.3 Å². The number of H-pyrrole nitrogens is 1. The van der Waals surface area contributed by atoms with Crippen molar-refractivity contribution in [1.82, 2.24) is 9.97 Å². The first-order valence-corrected chi connectivity index (χ1v) is 11.1. The number of fused-ring (bicyclic) bond motifs is 1. The van der Waals surface area contributed by atoms with E-state index in [0.717, 1.165) is 40.9 Å². The maximum atomic E-state index is 12.7. The van der Waals surface area contributed by atoms with Crippen LogP contribution in [-0.4, -0.2) is 27.5 Å². The first-order chi connectivity index (χ1) is 16.2. The summed E-state index contributed by atoms with van der Waals surface area (Å²) in [7, 11) is 0. The number of alkyl halides is 3. The number of carbonyl (C=O) groups is 2. The Morgan fingerprint density at radius 3 is 2.32 bits per heavy atom. The van der Waals surface area contributed by atoms with Crippen LogP contribution in [0.2, 0.25) is 0 Å². The summed E-state index contributed by atoms with van der Waals surface area (Å²) < 4.78 is 38.2. The molecule has 34 heavy (non-hydrogen) atoms. The molecule has 0 radical (unpaired) electrons. The normalized spacial score (nSPS) is 11.4. The number of aromatic nitrogens is 2. The van der Waals surface area contributed by atoms with Crippen molar-refractivity contribution in [3.05, 3.63) is 83.4 Å². The van der Waals surface area contributed by atoms with Crippen molar-refractivity contribution in [2.24, 2.45) is 0 Å². The lowest BCUT2D eigenvalue weighted by Crippen LogP contribution is -2.18. The zero-order valence-electron chi connectivity index (χ0n) is 17.9. The van der Waals surface area contributed by atoms with Gasteiger partial charge in [0.25, 0.3) is 5.91 Å². The summed E-state index contributed by atoms with van der Waals surface area (Å²) in [5, 5.41) is 5.98. The summed E-state index contributed by atoms with van der Waals surface area (Å²) in [5.74, 6) is -0.819. The Morgan fingerprint density at radius 2 is 1.65 bits per heavy atom. The molecule has 1 heterocycles. The number of nitrogens with zero attached hydrogens (tertiary/aromatic N) is 1. The number of thioether (sulfide) groups is 1. The summed E-state index contributed by atoms with van der Waals surface area (Å²) in [6.07, 6.45) is -4.48. The number of hydrogen-bond donors (Lipinski definition) is 3. The number of carbonyl (C=O) groups excluding carboxylic acids is 2. The highest BCUT2D eigenvalue weighted by atomic mass is 32.2. The summed E-state index contributed by atoms with van der Waals surface area (Å²) in [6.45, 7) is 1.98. The molecule has 1 aromatic heterocycles. The van der Waals surface area contributed by atoms with Gasteiger partial charge in [-0.1, -0.05) is 30.0 Å². The molecule has 10 heteroatoms. The molecule has 3 N–H and O–H groups in total. The molecular weight excluding hydrogens is 465 g/mol. The first kappa shape index (κ1) is 23.4. The Labute approximate surface area is 197 Å². The zero-order chi connectivity index (χ0) is 24.3. The summed E-state index contributed by atoms with van der Waals surface area (Å²) in [4.78, 5) is 32.6. The van der Waals surface area contributed by atoms with Gasteiger partial charge in [0, 0.05) is 5.56 Å². The van der Waals surface area contributed by atoms with Crippen LogP contribution in [0.1, 0.15) is 21.5 Å². The van der Waals surface area contributed by atoms with Crippen LogP contribution in [0.25, 0.3) is 11.0 Å². The number of hydrogen-bond acceptors (Lipinski definition) is 4. The van der Waals surface area contributed by atoms with E-state index in [9.17, 15) is 22.8 Å². The zero-order valence-corrected chi connectivity index (χ0v) is 18.7. The Bertz CT molecular complexity index is 1350. The van der Waals surface area contributed by atoms with E-state index >= 15 is 0 Å². The van der Waals surface area contributed by atoms with Gasteiger partial charge in [0.15, 0.2) is 5.16 Å². The fraction of sp³-hybridized carbons (Fsp3) is 0.125. The predicted octanol–water partition coefficient (Wildman–Crippen LogP) is 5.87. The Kier molecular flexibility index (Phi) is 6.60. The number of aryl methyl sites for hydroxylation is 1. The van der Waals surface area contributed by atoms with Crippen molar-refractivity contribution in [3.8, 4) is 0 Å². The van der Waals surface area contributed by atoms with E-state index in [1.54, 1.807) is 24.3 Å². The maximum Gasteiger partial charge on any atom is 0.416 e. The minimum absolute atomic E-state index is 0.0600. The van der Waals surface area contributed by atoms with Crippen molar-refractivity contribution in [1.29, 1.82) is 0 Å². The number of para-hydroxylation sites is 2. The van der Waals surface area contributed by atoms with Crippen molar-refractivity contribution < 1.29 is 22.8 Å². The monoisotopic (exact) mass is 484 g/mol. The van der Waals surface area contributed by atoms with Gasteiger partial charge in [-0.15, -0.1) is 0 Å². The fourth-order valence-electron chi connectivity index (χ4n) is 3.19. The molecule has 6 nitrogen and oxygen atoms in total. The summed E-state index contributed by atoms with van der Waals surface area (Å²) in [6, 6.07) is 16.3. The van der Waals surface area contributed by atoms with Crippen LogP contribution >= 0.6 is 11.8 Å². The quantitative estimate of drug-likeness (QED) is 0.299. The fourth-order valence-corrected chi connectivity index (χ4v) is 3.88. The number of anilines is 2. The minimum Gasteiger partial charge on any atom is -0.333 e. The van der Waals surface area contributed by atoms with E-state index in [1.165, 1.54) is 11.8 Å². The molecule has 0 aliphatic heterocycles. The standard InChI is InChI=1S/C24H19F3N4O2S/c1-14-6-11-19-20(12-14)31-23(30-19)34-13-21(32)28-17-4-2-3-5-18(17)29-22(33)15-7-9-16(10-8-15)24(25,26)27/h2-12H,13H2,1H3,(H,28,32)(H,29,33)(H,30,31). The molecule has 2 amide bonds. The van der Waals surface area contributed by atoms with Crippen LogP contribution in [0, 0.1) is 6.92 Å². The summed E-state index contributed by atoms with van der Waals surface area (Å²) >= 11 is 1.24. The van der Waals surface area contributed by atoms with Crippen molar-refractivity contribution in [2.75, 3.05) is 16.4 Å². The first-order valence-electron chi connectivity index (χ1n) is 10.2. The van der Waals surface area contributed by atoms with Crippen LogP contribution in [-0.2, 0) is 11.0 Å². The van der Waals surface area contributed by atoms with Crippen LogP contribution in [0.15, 0.2) is 71.9 Å². The minimum atomic E-state index is -4.48. The second kappa shape index (κ2) is 9.60. The molecule has 174 valence electrons. The van der Waals surface area contributed by atoms with Crippen LogP contribution in [0.5, 0.6) is 0 Å². The third kappa shape index (κ3) is 5.57. The number of nitrogens with one attached hydrogen (secondary N) is 3. The topological polar surface area (TPSA) is 86.9 Å². The second-order valence-electron chi connectivity index (χ2n) is 7.47. The highest BCUT2D eigenvalue weighted by molar-refractivity contribution is 7.99. The second-order valence-corrected chi connectivity index (χ2v) is 8.44. The number of imidazole rings is 1. The average molecular weight is 485 g/mol. The van der Waals surface area contributed by atoms with Crippen LogP contribution < -0.4 is 10.6 Å². The summed E-state index contributed by atoms with van der Waals surface area (Å²) in [5.41, 5.74) is 2.71. The Balaban J connectivity index is 1.39. The van der Waals surface area contributed by atoms with Gasteiger partial charge < -0.3 is 15.6 Å². The highest BCUT2D eigenvalue weighted by Crippen LogP contribution is 2.29. The van der Waals surface area contributed by atoms with Crippen LogP contribution in [0.4, 0.5) is 24.5 Å². The van der Waals surface area contributed by atoms with E-state index in [2.05, 4.69) is 20.6 Å². The molecule has 4 rings (SSSR count). The predicted molar refractivity (Wildman–Crippen MR) is 126 cm³/mol. The number of rotatable bonds is 6. The molecule has 3 aromatic carbocycles. The number of aromatic amines is 1. The van der Waals surface area contributed by atoms with Gasteiger partial charge >= 0.3 is 6.18 Å². The molecule has 4 aromatic rings. The van der Waals surface area contributed by atoms with Crippen LogP contribution in [0.3, 0.4) is 0 Å². The van der Waals surface area contributed by atoms with Gasteiger partial charge in [-0.3, -0.25) is 9.59 Å². The third-order valence-corrected chi connectivity index (χ3v) is 5.75. The molecule has 0 bridgehead atoms. The third-order valence-electron chi connectivity index (χ3n) is 4.88. The Morgan fingerprint density at radius 1 is 0.971 bits per heavy atom. The van der Waals surface area contributed by atoms with E-state index in [0.29, 0.717) is 16.5 Å². The van der Waals surface area contributed by atoms with Gasteiger partial charge in [-0.05, 0) is 61.0 Å². The molecule has 0 aliphatic carbocycles. The van der Waals surface area contributed by atoms with E-state index in [-0.39, 0.29) is 17.2 Å². The number of benzene rings is 3. The van der Waals surface area contributed by atoms with Crippen molar-refractivity contribution in [3.63, 3.8) is 0 Å². The largest absolute Gasteiger partial charge is 0.416 e. The van der Waals surface area contributed by atoms with E-state index in [4.69, 9.17) is 0 Å². The van der Waals surface area contributed by atoms with Gasteiger partial charge in [0.2, 0.25) is 5.91 Å². The number of amides is 2. The van der Waals surface area contributed by atoms with Gasteiger partial charge in [-0.25, -0.2) is 4.98 Å². The Hall–Kier alpha value is -3.79.